The van der Waals surface area contributed by atoms with Crippen molar-refractivity contribution in [3.05, 3.63) is 94.5 Å². The van der Waals surface area contributed by atoms with Crippen molar-refractivity contribution in [2.45, 2.75) is 45.4 Å². The highest BCUT2D eigenvalue weighted by atomic mass is 16.4. The van der Waals surface area contributed by atoms with Crippen LogP contribution in [0.2, 0.25) is 0 Å². The van der Waals surface area contributed by atoms with Gasteiger partial charge in [0.25, 0.3) is 0 Å². The van der Waals surface area contributed by atoms with Crippen molar-refractivity contribution in [1.29, 1.82) is 0 Å². The van der Waals surface area contributed by atoms with Crippen molar-refractivity contribution in [2.24, 2.45) is 0 Å². The first-order chi connectivity index (χ1) is 15.9. The van der Waals surface area contributed by atoms with E-state index in [1.807, 2.05) is 11.0 Å². The lowest BCUT2D eigenvalue weighted by Crippen LogP contribution is -2.52. The highest BCUT2D eigenvalue weighted by Crippen LogP contribution is 2.27. The molecule has 1 heterocycles. The zero-order valence-corrected chi connectivity index (χ0v) is 19.2. The molecule has 33 heavy (non-hydrogen) atoms. The molecule has 0 radical (unpaired) electrons. The normalized spacial score (nSPS) is 19.1. The van der Waals surface area contributed by atoms with Crippen LogP contribution in [-0.4, -0.2) is 39.8 Å². The Bertz CT molecular complexity index is 1150. The van der Waals surface area contributed by atoms with Crippen LogP contribution in [0.1, 0.15) is 40.7 Å². The molecule has 1 saturated heterocycles. The predicted molar refractivity (Wildman–Crippen MR) is 134 cm³/mol. The van der Waals surface area contributed by atoms with Gasteiger partial charge in [-0.25, -0.2) is 0 Å². The molecule has 0 amide bonds. The molecule has 3 aromatic carbocycles. The standard InChI is InChI=1S/C29H31NO3/c1-20-18-22(19-30-17-7-12-27(31)28(30)29(32)33)13-14-23(20)15-16-24-10-6-11-26(21(24)2)25-8-4-3-5-9-25/h3-6,8-11,13-16,18,27-28,31H,7,12,17,19H2,1-2H3,(H,32,33)/b16-15+. The smallest absolute Gasteiger partial charge is 0.323 e. The first-order valence-electron chi connectivity index (χ1n) is 11.5. The number of aliphatic hydroxyl groups excluding tert-OH is 1. The first kappa shape index (κ1) is 23.0. The number of carbonyl (C=O) groups is 1. The van der Waals surface area contributed by atoms with Gasteiger partial charge in [-0.3, -0.25) is 9.69 Å². The van der Waals surface area contributed by atoms with Gasteiger partial charge in [-0.2, -0.15) is 0 Å². The van der Waals surface area contributed by atoms with Gasteiger partial charge in [0.1, 0.15) is 6.04 Å². The summed E-state index contributed by atoms with van der Waals surface area (Å²) in [4.78, 5) is 13.5. The van der Waals surface area contributed by atoms with Gasteiger partial charge in [0.2, 0.25) is 0 Å². The van der Waals surface area contributed by atoms with Crippen LogP contribution in [0.5, 0.6) is 0 Å². The molecule has 3 aromatic rings. The third-order valence-electron chi connectivity index (χ3n) is 6.58. The average molecular weight is 442 g/mol. The number of rotatable bonds is 6. The van der Waals surface area contributed by atoms with Gasteiger partial charge in [-0.1, -0.05) is 78.9 Å². The van der Waals surface area contributed by atoms with Crippen molar-refractivity contribution in [3.63, 3.8) is 0 Å². The predicted octanol–water partition coefficient (Wildman–Crippen LogP) is 5.55. The summed E-state index contributed by atoms with van der Waals surface area (Å²) in [5.41, 5.74) is 8.23. The number of aliphatic carboxylic acids is 1. The summed E-state index contributed by atoms with van der Waals surface area (Å²) in [6.07, 6.45) is 4.84. The van der Waals surface area contributed by atoms with E-state index in [2.05, 4.69) is 86.7 Å². The number of likely N-dealkylation sites (tertiary alicyclic amines) is 1. The van der Waals surface area contributed by atoms with Crippen molar-refractivity contribution in [3.8, 4) is 11.1 Å². The molecule has 4 rings (SSSR count). The molecular weight excluding hydrogens is 410 g/mol. The monoisotopic (exact) mass is 441 g/mol. The second-order valence-electron chi connectivity index (χ2n) is 8.87. The number of nitrogens with zero attached hydrogens (tertiary/aromatic N) is 1. The zero-order valence-electron chi connectivity index (χ0n) is 19.2. The van der Waals surface area contributed by atoms with Crippen LogP contribution >= 0.6 is 0 Å². The van der Waals surface area contributed by atoms with Crippen molar-refractivity contribution < 1.29 is 15.0 Å². The lowest BCUT2D eigenvalue weighted by Gasteiger charge is -2.36. The average Bonchev–Trinajstić information content (AvgIpc) is 2.80. The Balaban J connectivity index is 1.52. The molecule has 2 N–H and O–H groups in total. The van der Waals surface area contributed by atoms with Crippen LogP contribution in [0, 0.1) is 13.8 Å². The number of hydrogen-bond donors (Lipinski definition) is 2. The minimum absolute atomic E-state index is 0.525. The van der Waals surface area contributed by atoms with E-state index >= 15 is 0 Å². The number of carboxylic acid groups (broad SMARTS) is 1. The molecule has 0 saturated carbocycles. The highest BCUT2D eigenvalue weighted by Gasteiger charge is 2.35. The van der Waals surface area contributed by atoms with Gasteiger partial charge < -0.3 is 10.2 Å². The van der Waals surface area contributed by atoms with Gasteiger partial charge in [-0.05, 0) is 72.2 Å². The molecule has 4 heteroatoms. The maximum Gasteiger partial charge on any atom is 0.323 e. The topological polar surface area (TPSA) is 60.8 Å². The number of carboxylic acids is 1. The van der Waals surface area contributed by atoms with E-state index in [0.29, 0.717) is 19.5 Å². The molecule has 2 unspecified atom stereocenters. The van der Waals surface area contributed by atoms with Crippen LogP contribution in [0.15, 0.2) is 66.7 Å². The van der Waals surface area contributed by atoms with E-state index in [0.717, 1.165) is 23.1 Å². The quantitative estimate of drug-likeness (QED) is 0.492. The van der Waals surface area contributed by atoms with E-state index < -0.39 is 18.1 Å². The summed E-state index contributed by atoms with van der Waals surface area (Å²) < 4.78 is 0. The number of aliphatic hydroxyl groups is 1. The summed E-state index contributed by atoms with van der Waals surface area (Å²) in [5.74, 6) is -0.952. The lowest BCUT2D eigenvalue weighted by molar-refractivity contribution is -0.150. The second kappa shape index (κ2) is 10.2. The van der Waals surface area contributed by atoms with Crippen molar-refractivity contribution in [1.82, 2.24) is 4.90 Å². The van der Waals surface area contributed by atoms with Gasteiger partial charge in [0, 0.05) is 6.54 Å². The summed E-state index contributed by atoms with van der Waals surface area (Å²) in [7, 11) is 0. The number of piperidine rings is 1. The molecule has 0 spiro atoms. The summed E-state index contributed by atoms with van der Waals surface area (Å²) in [6.45, 7) is 5.45. The molecule has 1 aliphatic heterocycles. The van der Waals surface area contributed by atoms with E-state index in [4.69, 9.17) is 0 Å². The SMILES string of the molecule is Cc1cc(CN2CCCC(O)C2C(=O)O)ccc1/C=C/c1cccc(-c2ccccc2)c1C. The lowest BCUT2D eigenvalue weighted by atomic mass is 9.95. The van der Waals surface area contributed by atoms with E-state index in [1.165, 1.54) is 22.3 Å². The second-order valence-corrected chi connectivity index (χ2v) is 8.87. The fourth-order valence-corrected chi connectivity index (χ4v) is 4.74. The van der Waals surface area contributed by atoms with Crippen LogP contribution in [0.3, 0.4) is 0 Å². The number of hydrogen-bond acceptors (Lipinski definition) is 3. The largest absolute Gasteiger partial charge is 0.480 e. The molecular formula is C29H31NO3. The Hall–Kier alpha value is -3.21. The Morgan fingerprint density at radius 1 is 1.00 bits per heavy atom. The molecule has 0 bridgehead atoms. The fraction of sp³-hybridized carbons (Fsp3) is 0.276. The molecule has 1 fully saturated rings. The Labute approximate surface area is 195 Å². The summed E-state index contributed by atoms with van der Waals surface area (Å²) in [5, 5.41) is 19.7. The fourth-order valence-electron chi connectivity index (χ4n) is 4.74. The van der Waals surface area contributed by atoms with Gasteiger partial charge in [-0.15, -0.1) is 0 Å². The van der Waals surface area contributed by atoms with Gasteiger partial charge in [0.05, 0.1) is 6.10 Å². The minimum Gasteiger partial charge on any atom is -0.480 e. The molecule has 2 atom stereocenters. The van der Waals surface area contributed by atoms with E-state index in [1.54, 1.807) is 0 Å². The summed E-state index contributed by atoms with van der Waals surface area (Å²) >= 11 is 0. The number of benzene rings is 3. The highest BCUT2D eigenvalue weighted by molar-refractivity contribution is 5.78. The molecule has 0 aromatic heterocycles. The molecule has 4 nitrogen and oxygen atoms in total. The Kier molecular flexibility index (Phi) is 7.07. The first-order valence-corrected chi connectivity index (χ1v) is 11.5. The van der Waals surface area contributed by atoms with E-state index in [-0.39, 0.29) is 0 Å². The molecule has 170 valence electrons. The van der Waals surface area contributed by atoms with Gasteiger partial charge >= 0.3 is 5.97 Å². The van der Waals surface area contributed by atoms with Crippen LogP contribution < -0.4 is 0 Å². The maximum atomic E-state index is 11.6. The Morgan fingerprint density at radius 2 is 1.76 bits per heavy atom. The van der Waals surface area contributed by atoms with E-state index in [9.17, 15) is 15.0 Å². The minimum atomic E-state index is -0.952. The summed E-state index contributed by atoms with van der Waals surface area (Å²) in [6, 6.07) is 22.2. The molecule has 1 aliphatic rings. The zero-order chi connectivity index (χ0) is 23.4. The number of aryl methyl sites for hydroxylation is 1. The third kappa shape index (κ3) is 5.24. The van der Waals surface area contributed by atoms with Crippen molar-refractivity contribution in [2.75, 3.05) is 6.54 Å². The third-order valence-corrected chi connectivity index (χ3v) is 6.58. The van der Waals surface area contributed by atoms with Crippen LogP contribution in [0.25, 0.3) is 23.3 Å². The van der Waals surface area contributed by atoms with Gasteiger partial charge in [0.15, 0.2) is 0 Å². The Morgan fingerprint density at radius 3 is 2.48 bits per heavy atom. The van der Waals surface area contributed by atoms with Crippen LogP contribution in [0.4, 0.5) is 0 Å². The van der Waals surface area contributed by atoms with Crippen LogP contribution in [-0.2, 0) is 11.3 Å². The van der Waals surface area contributed by atoms with Crippen molar-refractivity contribution >= 4 is 18.1 Å². The maximum absolute atomic E-state index is 11.6. The molecule has 0 aliphatic carbocycles.